The highest BCUT2D eigenvalue weighted by atomic mass is 127. The molecule has 0 aromatic heterocycles. The van der Waals surface area contributed by atoms with Gasteiger partial charge in [-0.2, -0.15) is 0 Å². The van der Waals surface area contributed by atoms with E-state index in [9.17, 15) is 0 Å². The molecule has 152 valence electrons. The minimum absolute atomic E-state index is 0. The van der Waals surface area contributed by atoms with Crippen LogP contribution >= 0.6 is 24.0 Å². The van der Waals surface area contributed by atoms with Crippen LogP contribution in [0.25, 0.3) is 0 Å². The molecule has 0 bridgehead atoms. The van der Waals surface area contributed by atoms with Crippen LogP contribution in [0.3, 0.4) is 0 Å². The van der Waals surface area contributed by atoms with Gasteiger partial charge in [-0.1, -0.05) is 54.6 Å². The van der Waals surface area contributed by atoms with E-state index in [0.717, 1.165) is 45.4 Å². The summed E-state index contributed by atoms with van der Waals surface area (Å²) in [6.07, 6.45) is 0. The summed E-state index contributed by atoms with van der Waals surface area (Å²) in [4.78, 5) is 9.25. The Kier molecular flexibility index (Phi) is 9.73. The molecule has 3 rings (SSSR count). The molecule has 0 unspecified atom stereocenters. The number of guanidine groups is 1. The molecule has 2 aromatic carbocycles. The van der Waals surface area contributed by atoms with E-state index >= 15 is 0 Å². The van der Waals surface area contributed by atoms with Crippen LogP contribution in [0, 0.1) is 0 Å². The van der Waals surface area contributed by atoms with Crippen molar-refractivity contribution in [2.75, 3.05) is 40.4 Å². The van der Waals surface area contributed by atoms with Crippen molar-refractivity contribution >= 4 is 29.9 Å². The molecule has 28 heavy (non-hydrogen) atoms. The number of halogens is 1. The average molecular weight is 494 g/mol. The zero-order valence-electron chi connectivity index (χ0n) is 16.8. The molecule has 1 fully saturated rings. The zero-order chi connectivity index (χ0) is 18.9. The maximum absolute atomic E-state index is 5.46. The lowest BCUT2D eigenvalue weighted by atomic mass is 10.1. The summed E-state index contributed by atoms with van der Waals surface area (Å²) in [5.74, 6) is 0.903. The Balaban J connectivity index is 0.00000280. The number of ether oxygens (including phenoxy) is 1. The van der Waals surface area contributed by atoms with Crippen LogP contribution in [-0.4, -0.2) is 56.2 Å². The first kappa shape index (κ1) is 22.6. The van der Waals surface area contributed by atoms with E-state index in [-0.39, 0.29) is 24.0 Å². The summed E-state index contributed by atoms with van der Waals surface area (Å²) in [6.45, 7) is 6.09. The average Bonchev–Trinajstić information content (AvgIpc) is 2.70. The van der Waals surface area contributed by atoms with Gasteiger partial charge in [0, 0.05) is 40.3 Å². The van der Waals surface area contributed by atoms with E-state index in [0.29, 0.717) is 6.54 Å². The second-order valence-electron chi connectivity index (χ2n) is 7.03. The largest absolute Gasteiger partial charge is 0.379 e. The van der Waals surface area contributed by atoms with Crippen molar-refractivity contribution in [3.8, 4) is 0 Å². The lowest BCUT2D eigenvalue weighted by Gasteiger charge is -2.27. The maximum Gasteiger partial charge on any atom is 0.194 e. The smallest absolute Gasteiger partial charge is 0.194 e. The molecule has 1 heterocycles. The Bertz CT molecular complexity index is 730. The van der Waals surface area contributed by atoms with Crippen LogP contribution in [0.2, 0.25) is 0 Å². The fourth-order valence-corrected chi connectivity index (χ4v) is 3.16. The number of nitrogens with one attached hydrogen (secondary N) is 1. The van der Waals surface area contributed by atoms with E-state index in [1.807, 2.05) is 25.1 Å². The van der Waals surface area contributed by atoms with Gasteiger partial charge in [0.25, 0.3) is 0 Å². The molecule has 5 nitrogen and oxygen atoms in total. The number of hydrogen-bond acceptors (Lipinski definition) is 3. The Morgan fingerprint density at radius 3 is 2.32 bits per heavy atom. The van der Waals surface area contributed by atoms with Gasteiger partial charge in [0.1, 0.15) is 0 Å². The first-order valence-electron chi connectivity index (χ1n) is 9.59. The van der Waals surface area contributed by atoms with Crippen molar-refractivity contribution in [1.82, 2.24) is 15.1 Å². The maximum atomic E-state index is 5.46. The van der Waals surface area contributed by atoms with Gasteiger partial charge < -0.3 is 15.0 Å². The molecule has 0 aliphatic carbocycles. The molecule has 1 aliphatic rings. The molecule has 6 heteroatoms. The highest BCUT2D eigenvalue weighted by Crippen LogP contribution is 2.13. The fraction of sp³-hybridized carbons (Fsp3) is 0.409. The Hall–Kier alpha value is -1.64. The van der Waals surface area contributed by atoms with E-state index in [1.54, 1.807) is 0 Å². The number of nitrogens with zero attached hydrogens (tertiary/aromatic N) is 3. The van der Waals surface area contributed by atoms with Crippen molar-refractivity contribution < 1.29 is 4.74 Å². The Morgan fingerprint density at radius 2 is 1.64 bits per heavy atom. The van der Waals surface area contributed by atoms with Crippen LogP contribution in [0.4, 0.5) is 0 Å². The number of benzene rings is 2. The molecular weight excluding hydrogens is 463 g/mol. The first-order chi connectivity index (χ1) is 13.2. The monoisotopic (exact) mass is 494 g/mol. The van der Waals surface area contributed by atoms with Gasteiger partial charge in [0.15, 0.2) is 5.96 Å². The molecular formula is C22H31IN4O. The van der Waals surface area contributed by atoms with Gasteiger partial charge in [-0.05, 0) is 16.7 Å². The zero-order valence-corrected chi connectivity index (χ0v) is 19.1. The van der Waals surface area contributed by atoms with Crippen LogP contribution in [-0.2, 0) is 24.4 Å². The molecule has 1 N–H and O–H groups in total. The van der Waals surface area contributed by atoms with Crippen molar-refractivity contribution in [2.24, 2.45) is 4.99 Å². The molecule has 0 atom stereocenters. The first-order valence-corrected chi connectivity index (χ1v) is 9.59. The van der Waals surface area contributed by atoms with Crippen LogP contribution < -0.4 is 5.32 Å². The van der Waals surface area contributed by atoms with Crippen LogP contribution in [0.5, 0.6) is 0 Å². The SMILES string of the molecule is CN(C)C(=NCc1ccccc1)NCc1ccccc1CN1CCOCC1.I. The highest BCUT2D eigenvalue weighted by molar-refractivity contribution is 14.0. The fourth-order valence-electron chi connectivity index (χ4n) is 3.16. The quantitative estimate of drug-likeness (QED) is 0.380. The van der Waals surface area contributed by atoms with Gasteiger partial charge in [-0.3, -0.25) is 4.90 Å². The van der Waals surface area contributed by atoms with Gasteiger partial charge in [0.2, 0.25) is 0 Å². The molecule has 1 saturated heterocycles. The number of morpholine rings is 1. The lowest BCUT2D eigenvalue weighted by molar-refractivity contribution is 0.0341. The Morgan fingerprint density at radius 1 is 1.00 bits per heavy atom. The highest BCUT2D eigenvalue weighted by Gasteiger charge is 2.13. The third-order valence-electron chi connectivity index (χ3n) is 4.73. The minimum Gasteiger partial charge on any atom is -0.379 e. The van der Waals surface area contributed by atoms with E-state index in [4.69, 9.17) is 9.73 Å². The van der Waals surface area contributed by atoms with E-state index in [2.05, 4.69) is 58.7 Å². The predicted molar refractivity (Wildman–Crippen MR) is 126 cm³/mol. The van der Waals surface area contributed by atoms with Crippen molar-refractivity contribution in [3.05, 3.63) is 71.3 Å². The third-order valence-corrected chi connectivity index (χ3v) is 4.73. The summed E-state index contributed by atoms with van der Waals surface area (Å²) < 4.78 is 5.46. The third kappa shape index (κ3) is 7.07. The van der Waals surface area contributed by atoms with E-state index in [1.165, 1.54) is 16.7 Å². The summed E-state index contributed by atoms with van der Waals surface area (Å²) in [5.41, 5.74) is 3.90. The summed E-state index contributed by atoms with van der Waals surface area (Å²) in [6, 6.07) is 19.0. The molecule has 0 radical (unpaired) electrons. The summed E-state index contributed by atoms with van der Waals surface area (Å²) >= 11 is 0. The van der Waals surface area contributed by atoms with Crippen LogP contribution in [0.15, 0.2) is 59.6 Å². The van der Waals surface area contributed by atoms with Crippen LogP contribution in [0.1, 0.15) is 16.7 Å². The predicted octanol–water partition coefficient (Wildman–Crippen LogP) is 3.34. The topological polar surface area (TPSA) is 40.1 Å². The number of aliphatic imine (C=N–C) groups is 1. The van der Waals surface area contributed by atoms with Gasteiger partial charge >= 0.3 is 0 Å². The van der Waals surface area contributed by atoms with Gasteiger partial charge in [-0.25, -0.2) is 4.99 Å². The summed E-state index contributed by atoms with van der Waals surface area (Å²) in [5, 5.41) is 3.52. The lowest BCUT2D eigenvalue weighted by Crippen LogP contribution is -2.37. The van der Waals surface area contributed by atoms with Crippen molar-refractivity contribution in [3.63, 3.8) is 0 Å². The van der Waals surface area contributed by atoms with Gasteiger partial charge in [-0.15, -0.1) is 24.0 Å². The number of rotatable bonds is 6. The second kappa shape index (κ2) is 12.0. The molecule has 2 aromatic rings. The standard InChI is InChI=1S/C22H30N4O.HI/c1-25(2)22(23-16-19-8-4-3-5-9-19)24-17-20-10-6-7-11-21(20)18-26-12-14-27-15-13-26;/h3-11H,12-18H2,1-2H3,(H,23,24);1H. The van der Waals surface area contributed by atoms with Crippen molar-refractivity contribution in [1.29, 1.82) is 0 Å². The minimum atomic E-state index is 0. The number of hydrogen-bond donors (Lipinski definition) is 1. The molecule has 0 spiro atoms. The molecule has 0 saturated carbocycles. The molecule has 0 amide bonds. The van der Waals surface area contributed by atoms with E-state index < -0.39 is 0 Å². The van der Waals surface area contributed by atoms with Crippen molar-refractivity contribution in [2.45, 2.75) is 19.6 Å². The molecule has 1 aliphatic heterocycles. The summed E-state index contributed by atoms with van der Waals surface area (Å²) in [7, 11) is 4.05. The van der Waals surface area contributed by atoms with Gasteiger partial charge in [0.05, 0.1) is 19.8 Å². The second-order valence-corrected chi connectivity index (χ2v) is 7.03. The Labute approximate surface area is 185 Å². The normalized spacial score (nSPS) is 15.0.